The van der Waals surface area contributed by atoms with Gasteiger partial charge in [0.1, 0.15) is 0 Å². The summed E-state index contributed by atoms with van der Waals surface area (Å²) in [6.07, 6.45) is 0. The molecule has 0 bridgehead atoms. The fraction of sp³-hybridized carbons (Fsp3) is 0.375. The molecule has 114 valence electrons. The fourth-order valence-corrected chi connectivity index (χ4v) is 3.89. The fourth-order valence-electron chi connectivity index (χ4n) is 2.32. The Hall–Kier alpha value is -1.04. The molecule has 1 N–H and O–H groups in total. The van der Waals surface area contributed by atoms with Crippen LogP contribution in [0.3, 0.4) is 0 Å². The number of halogens is 1. The summed E-state index contributed by atoms with van der Waals surface area (Å²) in [7, 11) is 3.31. The van der Waals surface area contributed by atoms with Gasteiger partial charge in [-0.25, -0.2) is 0 Å². The van der Waals surface area contributed by atoms with Crippen LogP contribution in [-0.4, -0.2) is 20.8 Å². The number of hydrogen-bond donors (Lipinski definition) is 1. The quantitative estimate of drug-likeness (QED) is 0.810. The van der Waals surface area contributed by atoms with Crippen molar-refractivity contribution in [2.45, 2.75) is 19.9 Å². The monoisotopic (exact) mass is 369 g/mol. The second kappa shape index (κ2) is 7.29. The lowest BCUT2D eigenvalue weighted by Gasteiger charge is -2.21. The third-order valence-corrected chi connectivity index (χ3v) is 5.16. The van der Waals surface area contributed by atoms with Crippen molar-refractivity contribution in [1.82, 2.24) is 5.32 Å². The van der Waals surface area contributed by atoms with E-state index in [9.17, 15) is 0 Å². The van der Waals surface area contributed by atoms with E-state index in [1.165, 1.54) is 10.4 Å². The van der Waals surface area contributed by atoms with Crippen LogP contribution in [0, 0.1) is 6.92 Å². The van der Waals surface area contributed by atoms with Crippen LogP contribution in [0.2, 0.25) is 0 Å². The Morgan fingerprint density at radius 3 is 2.43 bits per heavy atom. The summed E-state index contributed by atoms with van der Waals surface area (Å²) in [5, 5.41) is 5.68. The number of hydrogen-bond acceptors (Lipinski definition) is 4. The van der Waals surface area contributed by atoms with E-state index in [0.29, 0.717) is 0 Å². The third kappa shape index (κ3) is 3.42. The van der Waals surface area contributed by atoms with Crippen LogP contribution in [0.15, 0.2) is 28.1 Å². The van der Waals surface area contributed by atoms with Gasteiger partial charge in [0.2, 0.25) is 0 Å². The van der Waals surface area contributed by atoms with Gasteiger partial charge in [0.15, 0.2) is 11.5 Å². The van der Waals surface area contributed by atoms with Gasteiger partial charge >= 0.3 is 0 Å². The van der Waals surface area contributed by atoms with Crippen molar-refractivity contribution >= 4 is 27.3 Å². The third-order valence-electron chi connectivity index (χ3n) is 3.39. The first kappa shape index (κ1) is 16.3. The topological polar surface area (TPSA) is 30.5 Å². The predicted molar refractivity (Wildman–Crippen MR) is 91.8 cm³/mol. The molecule has 0 amide bonds. The number of thiophene rings is 1. The molecule has 1 aromatic heterocycles. The smallest absolute Gasteiger partial charge is 0.161 e. The highest BCUT2D eigenvalue weighted by atomic mass is 79.9. The Labute approximate surface area is 138 Å². The van der Waals surface area contributed by atoms with Gasteiger partial charge < -0.3 is 14.8 Å². The number of benzene rings is 1. The van der Waals surface area contributed by atoms with Crippen LogP contribution >= 0.6 is 27.3 Å². The molecular weight excluding hydrogens is 350 g/mol. The normalized spacial score (nSPS) is 12.2. The molecule has 0 aliphatic heterocycles. The molecule has 0 spiro atoms. The second-order valence-corrected chi connectivity index (χ2v) is 6.49. The van der Waals surface area contributed by atoms with Gasteiger partial charge in [-0.1, -0.05) is 22.9 Å². The molecule has 2 aromatic rings. The number of nitrogens with one attached hydrogen (secondary N) is 1. The first-order valence-corrected chi connectivity index (χ1v) is 8.48. The van der Waals surface area contributed by atoms with Crippen LogP contribution in [0.4, 0.5) is 0 Å². The minimum absolute atomic E-state index is 0.143. The van der Waals surface area contributed by atoms with Crippen molar-refractivity contribution in [2.24, 2.45) is 0 Å². The molecule has 1 heterocycles. The average Bonchev–Trinajstić information content (AvgIpc) is 2.90. The van der Waals surface area contributed by atoms with E-state index in [1.807, 2.05) is 12.1 Å². The van der Waals surface area contributed by atoms with E-state index in [2.05, 4.69) is 46.5 Å². The molecule has 0 aliphatic rings. The lowest BCUT2D eigenvalue weighted by molar-refractivity contribution is 0.354. The second-order valence-electron chi connectivity index (χ2n) is 4.69. The lowest BCUT2D eigenvalue weighted by atomic mass is 10.0. The van der Waals surface area contributed by atoms with Crippen LogP contribution in [-0.2, 0) is 0 Å². The predicted octanol–water partition coefficient (Wildman–Crippen LogP) is 4.54. The largest absolute Gasteiger partial charge is 0.493 e. The van der Waals surface area contributed by atoms with E-state index in [1.54, 1.807) is 25.6 Å². The Morgan fingerprint density at radius 2 is 1.90 bits per heavy atom. The van der Waals surface area contributed by atoms with Crippen molar-refractivity contribution in [3.8, 4) is 11.5 Å². The van der Waals surface area contributed by atoms with E-state index in [0.717, 1.165) is 28.1 Å². The Balaban J connectivity index is 2.53. The molecule has 0 fully saturated rings. The molecule has 0 radical (unpaired) electrons. The number of ether oxygens (including phenoxy) is 2. The molecule has 0 saturated carbocycles. The van der Waals surface area contributed by atoms with E-state index < -0.39 is 0 Å². The van der Waals surface area contributed by atoms with Crippen LogP contribution in [0.25, 0.3) is 0 Å². The molecule has 1 aromatic carbocycles. The molecule has 0 aliphatic carbocycles. The summed E-state index contributed by atoms with van der Waals surface area (Å²) in [5.41, 5.74) is 2.45. The van der Waals surface area contributed by atoms with E-state index in [4.69, 9.17) is 9.47 Å². The minimum atomic E-state index is 0.143. The van der Waals surface area contributed by atoms with E-state index >= 15 is 0 Å². The van der Waals surface area contributed by atoms with Crippen molar-refractivity contribution in [1.29, 1.82) is 0 Å². The van der Waals surface area contributed by atoms with Gasteiger partial charge in [-0.05, 0) is 48.2 Å². The van der Waals surface area contributed by atoms with Gasteiger partial charge in [0.25, 0.3) is 0 Å². The first-order chi connectivity index (χ1) is 10.1. The van der Waals surface area contributed by atoms with Crippen LogP contribution in [0.1, 0.15) is 29.0 Å². The Bertz CT molecular complexity index is 612. The van der Waals surface area contributed by atoms with Gasteiger partial charge in [-0.2, -0.15) is 0 Å². The maximum absolute atomic E-state index is 5.44. The Morgan fingerprint density at radius 1 is 1.24 bits per heavy atom. The minimum Gasteiger partial charge on any atom is -0.493 e. The summed E-state index contributed by atoms with van der Waals surface area (Å²) in [6, 6.07) is 6.29. The number of aryl methyl sites for hydroxylation is 1. The molecule has 21 heavy (non-hydrogen) atoms. The molecule has 1 unspecified atom stereocenters. The summed E-state index contributed by atoms with van der Waals surface area (Å²) in [6.45, 7) is 5.15. The SMILES string of the molecule is CCNC(c1cc(OC)c(OC)cc1Br)c1sccc1C. The standard InChI is InChI=1S/C16H20BrNO2S/c1-5-18-15(16-10(2)6-7-21-16)11-8-13(19-3)14(20-4)9-12(11)17/h6-9,15,18H,5H2,1-4H3. The summed E-state index contributed by atoms with van der Waals surface area (Å²) in [5.74, 6) is 1.47. The summed E-state index contributed by atoms with van der Waals surface area (Å²) in [4.78, 5) is 1.32. The first-order valence-electron chi connectivity index (χ1n) is 6.81. The van der Waals surface area contributed by atoms with Gasteiger partial charge in [0.05, 0.1) is 20.3 Å². The van der Waals surface area contributed by atoms with Crippen LogP contribution in [0.5, 0.6) is 11.5 Å². The zero-order valence-corrected chi connectivity index (χ0v) is 15.1. The highest BCUT2D eigenvalue weighted by molar-refractivity contribution is 9.10. The molecule has 2 rings (SSSR count). The maximum Gasteiger partial charge on any atom is 0.161 e. The lowest BCUT2D eigenvalue weighted by Crippen LogP contribution is -2.22. The summed E-state index contributed by atoms with van der Waals surface area (Å²) >= 11 is 5.43. The van der Waals surface area contributed by atoms with Crippen LogP contribution < -0.4 is 14.8 Å². The van der Waals surface area contributed by atoms with Crippen molar-refractivity contribution in [3.63, 3.8) is 0 Å². The highest BCUT2D eigenvalue weighted by Crippen LogP contribution is 2.39. The van der Waals surface area contributed by atoms with Crippen molar-refractivity contribution in [2.75, 3.05) is 20.8 Å². The molecule has 5 heteroatoms. The zero-order chi connectivity index (χ0) is 15.4. The Kier molecular flexibility index (Phi) is 5.67. The van der Waals surface area contributed by atoms with Gasteiger partial charge in [-0.15, -0.1) is 11.3 Å². The summed E-state index contributed by atoms with van der Waals surface area (Å²) < 4.78 is 11.8. The van der Waals surface area contributed by atoms with E-state index in [-0.39, 0.29) is 6.04 Å². The molecule has 3 nitrogen and oxygen atoms in total. The van der Waals surface area contributed by atoms with Gasteiger partial charge in [-0.3, -0.25) is 0 Å². The number of rotatable bonds is 6. The maximum atomic E-state index is 5.44. The van der Waals surface area contributed by atoms with Crippen molar-refractivity contribution < 1.29 is 9.47 Å². The molecule has 1 atom stereocenters. The molecular formula is C16H20BrNO2S. The average molecular weight is 370 g/mol. The van der Waals surface area contributed by atoms with Crippen molar-refractivity contribution in [3.05, 3.63) is 44.1 Å². The van der Waals surface area contributed by atoms with Gasteiger partial charge in [0, 0.05) is 9.35 Å². The zero-order valence-electron chi connectivity index (χ0n) is 12.7. The highest BCUT2D eigenvalue weighted by Gasteiger charge is 2.21. The number of methoxy groups -OCH3 is 2. The molecule has 0 saturated heterocycles.